The highest BCUT2D eigenvalue weighted by Gasteiger charge is 2.52. The Hall–Kier alpha value is -5.60. The van der Waals surface area contributed by atoms with E-state index in [0.29, 0.717) is 105 Å². The minimum atomic E-state index is -1.47. The monoisotopic (exact) mass is 942 g/mol. The summed E-state index contributed by atoms with van der Waals surface area (Å²) in [5, 5.41) is 0.683. The van der Waals surface area contributed by atoms with Crippen LogP contribution in [0.2, 0.25) is 10.3 Å². The number of amides is 4. The van der Waals surface area contributed by atoms with Gasteiger partial charge in [-0.1, -0.05) is 73.2 Å². The molecule has 4 fully saturated rings. The van der Waals surface area contributed by atoms with Crippen LogP contribution in [-0.4, -0.2) is 104 Å². The van der Waals surface area contributed by atoms with Crippen molar-refractivity contribution in [2.45, 2.75) is 96.1 Å². The van der Waals surface area contributed by atoms with E-state index in [0.717, 1.165) is 22.3 Å². The van der Waals surface area contributed by atoms with Crippen molar-refractivity contribution < 1.29 is 38.1 Å². The summed E-state index contributed by atoms with van der Waals surface area (Å²) >= 11 is 13.5. The summed E-state index contributed by atoms with van der Waals surface area (Å²) in [5.41, 5.74) is 13.7. The zero-order chi connectivity index (χ0) is 46.9. The summed E-state index contributed by atoms with van der Waals surface area (Å²) in [6.07, 6.45) is 0.529. The fourth-order valence-electron chi connectivity index (χ4n) is 10.0. The van der Waals surface area contributed by atoms with Crippen molar-refractivity contribution in [3.63, 3.8) is 0 Å². The van der Waals surface area contributed by atoms with Crippen molar-refractivity contribution in [1.82, 2.24) is 29.7 Å². The molecule has 4 amide bonds. The third-order valence-corrected chi connectivity index (χ3v) is 13.9. The van der Waals surface area contributed by atoms with Gasteiger partial charge in [-0.25, -0.2) is 19.6 Å². The van der Waals surface area contributed by atoms with E-state index in [1.54, 1.807) is 16.7 Å². The van der Waals surface area contributed by atoms with Gasteiger partial charge in [-0.2, -0.15) is 0 Å². The number of carbonyl (C=O) groups excluding carboxylic acids is 4. The van der Waals surface area contributed by atoms with E-state index in [-0.39, 0.29) is 41.6 Å². The van der Waals surface area contributed by atoms with E-state index in [4.69, 9.17) is 63.6 Å². The molecule has 16 nitrogen and oxygen atoms in total. The van der Waals surface area contributed by atoms with Crippen molar-refractivity contribution in [1.29, 1.82) is 0 Å². The number of likely N-dealkylation sites (tertiary alicyclic amines) is 2. The van der Waals surface area contributed by atoms with Crippen LogP contribution in [0.15, 0.2) is 48.5 Å². The number of benzene rings is 2. The third kappa shape index (κ3) is 10.0. The van der Waals surface area contributed by atoms with E-state index in [1.165, 1.54) is 0 Å². The first-order chi connectivity index (χ1) is 31.6. The Kier molecular flexibility index (Phi) is 14.0. The lowest BCUT2D eigenvalue weighted by Gasteiger charge is -2.42. The Balaban J connectivity index is 0.939. The van der Waals surface area contributed by atoms with Crippen LogP contribution < -0.4 is 11.5 Å². The highest BCUT2D eigenvalue weighted by Crippen LogP contribution is 2.43. The third-order valence-electron chi connectivity index (χ3n) is 13.4. The van der Waals surface area contributed by atoms with Gasteiger partial charge in [0, 0.05) is 67.0 Å². The molecule has 4 aliphatic rings. The molecule has 4 aromatic rings. The Labute approximate surface area is 393 Å². The Morgan fingerprint density at radius 1 is 0.758 bits per heavy atom. The molecule has 0 radical (unpaired) electrons. The molecular weight excluding hydrogens is 887 g/mol. The predicted octanol–water partition coefficient (Wildman–Crippen LogP) is 7.55. The van der Waals surface area contributed by atoms with Gasteiger partial charge in [-0.3, -0.25) is 9.59 Å². The van der Waals surface area contributed by atoms with Gasteiger partial charge in [0.25, 0.3) is 11.8 Å². The average molecular weight is 944 g/mol. The number of aromatic amines is 2. The predicted molar refractivity (Wildman–Crippen MR) is 246 cm³/mol. The largest absolute Gasteiger partial charge is 0.436 e. The zero-order valence-corrected chi connectivity index (χ0v) is 39.0. The molecule has 2 aromatic heterocycles. The maximum atomic E-state index is 14.4. The normalized spacial score (nSPS) is 24.8. The first-order valence-corrected chi connectivity index (χ1v) is 23.3. The molecule has 4 aliphatic heterocycles. The molecule has 350 valence electrons. The molecule has 2 aromatic carbocycles. The number of hydrogen-bond acceptors (Lipinski definition) is 10. The van der Waals surface area contributed by atoms with Gasteiger partial charge in [0.1, 0.15) is 33.3 Å². The standard InChI is InChI=1S/C48H56Cl2N8O8/c1-26-21-35(57(24-26)44(59)39(65-46(51)61)33-15-18-63-19-16-33)42-53-37(40(49)55-42)31-11-7-29(8-12-31)5-6-30-9-13-32(14-10-30)38-41(50)56-43(54-38)36-22-27(2)25-58(36)45(60)48(4,66-47(52)62)34-17-20-64-28(3)23-34/h7-14,26-28,33-36,39H,15-25H2,1-4H3,(H2,51,61)(H2,52,62)(H,53,55)(H,54,56)/t26-,27-,28?,34?,35?,36?,39-,48-/m0/s1. The lowest BCUT2D eigenvalue weighted by atomic mass is 9.80. The fourth-order valence-corrected chi connectivity index (χ4v) is 10.5. The van der Waals surface area contributed by atoms with Crippen molar-refractivity contribution in [3.05, 3.63) is 81.6 Å². The van der Waals surface area contributed by atoms with Crippen molar-refractivity contribution >= 4 is 47.2 Å². The van der Waals surface area contributed by atoms with Crippen molar-refractivity contribution in [3.8, 4) is 34.4 Å². The number of nitrogens with one attached hydrogen (secondary N) is 2. The van der Waals surface area contributed by atoms with E-state index >= 15 is 0 Å². The van der Waals surface area contributed by atoms with Gasteiger partial charge >= 0.3 is 12.2 Å². The molecule has 4 saturated heterocycles. The quantitative estimate of drug-likeness (QED) is 0.114. The average Bonchev–Trinajstić information content (AvgIpc) is 4.09. The van der Waals surface area contributed by atoms with Gasteiger partial charge in [-0.05, 0) is 88.5 Å². The van der Waals surface area contributed by atoms with Crippen LogP contribution in [0.25, 0.3) is 22.5 Å². The van der Waals surface area contributed by atoms with E-state index in [2.05, 4.69) is 35.7 Å². The molecular formula is C48H56Cl2N8O8. The Morgan fingerprint density at radius 2 is 1.27 bits per heavy atom. The Morgan fingerprint density at radius 3 is 1.77 bits per heavy atom. The number of H-pyrrole nitrogens is 2. The second-order valence-electron chi connectivity index (χ2n) is 18.4. The van der Waals surface area contributed by atoms with Crippen LogP contribution in [0.4, 0.5) is 9.59 Å². The Bertz CT molecular complexity index is 2500. The maximum Gasteiger partial charge on any atom is 0.405 e. The van der Waals surface area contributed by atoms with Gasteiger partial charge in [0.05, 0.1) is 18.2 Å². The first kappa shape index (κ1) is 46.9. The van der Waals surface area contributed by atoms with E-state index in [1.807, 2.05) is 55.5 Å². The highest BCUT2D eigenvalue weighted by molar-refractivity contribution is 6.32. The lowest BCUT2D eigenvalue weighted by molar-refractivity contribution is -0.162. The number of primary amides is 2. The molecule has 18 heteroatoms. The molecule has 8 rings (SSSR count). The molecule has 4 unspecified atom stereocenters. The smallest absolute Gasteiger partial charge is 0.405 e. The summed E-state index contributed by atoms with van der Waals surface area (Å²) in [5.74, 6) is 6.82. The zero-order valence-electron chi connectivity index (χ0n) is 37.5. The fraction of sp³-hybridized carbons (Fsp3) is 0.500. The first-order valence-electron chi connectivity index (χ1n) is 22.6. The number of ether oxygens (including phenoxy) is 4. The van der Waals surface area contributed by atoms with Crippen molar-refractivity contribution in [2.75, 3.05) is 32.9 Å². The molecule has 0 aliphatic carbocycles. The van der Waals surface area contributed by atoms with Gasteiger partial charge < -0.3 is 50.2 Å². The van der Waals surface area contributed by atoms with Crippen LogP contribution in [0.5, 0.6) is 0 Å². The lowest BCUT2D eigenvalue weighted by Crippen LogP contribution is -2.56. The molecule has 0 bridgehead atoms. The SMILES string of the molecule is CC1CC([C@](C)(OC(N)=O)C(=O)N2C[C@@H](C)CC2c2nc(-c3ccc(C#Cc4ccc(-c5nc(C6C[C@H](C)CN6C(=O)[C@@H](OC(N)=O)C6CCOCC6)[nH]c5Cl)cc4)cc3)c(Cl)[nH]2)CCO1. The number of nitrogens with two attached hydrogens (primary N) is 2. The number of aromatic nitrogens is 4. The summed E-state index contributed by atoms with van der Waals surface area (Å²) in [6, 6.07) is 14.4. The minimum absolute atomic E-state index is 0.0867. The number of halogens is 2. The number of imidazole rings is 2. The van der Waals surface area contributed by atoms with Crippen LogP contribution in [0.1, 0.15) is 101 Å². The van der Waals surface area contributed by atoms with E-state index in [9.17, 15) is 19.2 Å². The molecule has 6 N–H and O–H groups in total. The second kappa shape index (κ2) is 19.7. The molecule has 6 heterocycles. The number of carbonyl (C=O) groups is 4. The highest BCUT2D eigenvalue weighted by atomic mass is 35.5. The van der Waals surface area contributed by atoms with E-state index < -0.39 is 36.0 Å². The van der Waals surface area contributed by atoms with Crippen LogP contribution >= 0.6 is 23.2 Å². The van der Waals surface area contributed by atoms with Crippen LogP contribution in [0, 0.1) is 35.5 Å². The summed E-state index contributed by atoms with van der Waals surface area (Å²) in [4.78, 5) is 72.0. The molecule has 66 heavy (non-hydrogen) atoms. The summed E-state index contributed by atoms with van der Waals surface area (Å²) < 4.78 is 22.3. The molecule has 0 spiro atoms. The number of nitrogens with zero attached hydrogens (tertiary/aromatic N) is 4. The molecule has 8 atom stereocenters. The number of hydrogen-bond donors (Lipinski definition) is 4. The maximum absolute atomic E-state index is 14.4. The van der Waals surface area contributed by atoms with Crippen molar-refractivity contribution in [2.24, 2.45) is 35.1 Å². The van der Waals surface area contributed by atoms with Gasteiger partial charge in [0.2, 0.25) is 0 Å². The summed E-state index contributed by atoms with van der Waals surface area (Å²) in [7, 11) is 0. The summed E-state index contributed by atoms with van der Waals surface area (Å²) in [6.45, 7) is 10.1. The minimum Gasteiger partial charge on any atom is -0.436 e. The van der Waals surface area contributed by atoms with Gasteiger partial charge in [-0.15, -0.1) is 0 Å². The molecule has 0 saturated carbocycles. The topological polar surface area (TPSA) is 221 Å². The van der Waals surface area contributed by atoms with Gasteiger partial charge in [0.15, 0.2) is 11.7 Å². The number of rotatable bonds is 10. The van der Waals surface area contributed by atoms with Crippen LogP contribution in [0.3, 0.4) is 0 Å². The van der Waals surface area contributed by atoms with Crippen LogP contribution in [-0.2, 0) is 28.5 Å². The second-order valence-corrected chi connectivity index (χ2v) is 19.1.